The van der Waals surface area contributed by atoms with Gasteiger partial charge < -0.3 is 5.32 Å². The number of amides is 1. The third-order valence-corrected chi connectivity index (χ3v) is 3.14. The van der Waals surface area contributed by atoms with Gasteiger partial charge in [0.15, 0.2) is 5.82 Å². The van der Waals surface area contributed by atoms with Gasteiger partial charge in [-0.25, -0.2) is 4.39 Å². The van der Waals surface area contributed by atoms with E-state index in [9.17, 15) is 19.3 Å². The van der Waals surface area contributed by atoms with Crippen molar-refractivity contribution in [3.8, 4) is 0 Å². The molecule has 2 rings (SSSR count). The second-order valence-electron chi connectivity index (χ2n) is 4.00. The summed E-state index contributed by atoms with van der Waals surface area (Å²) in [4.78, 5) is 21.8. The van der Waals surface area contributed by atoms with Crippen molar-refractivity contribution in [1.82, 2.24) is 0 Å². The molecule has 0 saturated carbocycles. The highest BCUT2D eigenvalue weighted by Gasteiger charge is 2.15. The zero-order valence-corrected chi connectivity index (χ0v) is 11.8. The molecule has 5 nitrogen and oxygen atoms in total. The van der Waals surface area contributed by atoms with Gasteiger partial charge in [-0.1, -0.05) is 23.2 Å². The van der Waals surface area contributed by atoms with Crippen molar-refractivity contribution in [2.45, 2.75) is 0 Å². The largest absolute Gasteiger partial charge is 0.319 e. The van der Waals surface area contributed by atoms with Gasteiger partial charge in [0, 0.05) is 11.1 Å². The zero-order chi connectivity index (χ0) is 15.6. The predicted octanol–water partition coefficient (Wildman–Crippen LogP) is 4.29. The maximum Gasteiger partial charge on any atom is 0.272 e. The monoisotopic (exact) mass is 328 g/mol. The van der Waals surface area contributed by atoms with E-state index in [2.05, 4.69) is 5.32 Å². The zero-order valence-electron chi connectivity index (χ0n) is 10.3. The molecule has 0 atom stereocenters. The quantitative estimate of drug-likeness (QED) is 0.674. The second-order valence-corrected chi connectivity index (χ2v) is 4.84. The highest BCUT2D eigenvalue weighted by molar-refractivity contribution is 6.37. The molecule has 0 aliphatic carbocycles. The molecule has 108 valence electrons. The summed E-state index contributed by atoms with van der Waals surface area (Å²) in [7, 11) is 0. The molecule has 0 saturated heterocycles. The molecule has 0 bridgehead atoms. The SMILES string of the molecule is O=C(Nc1ccc([N+](=O)[O-])cc1F)c1ccc(Cl)cc1Cl. The van der Waals surface area contributed by atoms with Crippen molar-refractivity contribution in [1.29, 1.82) is 0 Å². The van der Waals surface area contributed by atoms with Gasteiger partial charge in [-0.3, -0.25) is 14.9 Å². The number of nitrogens with zero attached hydrogens (tertiary/aromatic N) is 1. The third kappa shape index (κ3) is 3.48. The third-order valence-electron chi connectivity index (χ3n) is 2.59. The van der Waals surface area contributed by atoms with Gasteiger partial charge in [0.1, 0.15) is 0 Å². The van der Waals surface area contributed by atoms with Crippen molar-refractivity contribution >= 4 is 40.5 Å². The molecular formula is C13H7Cl2FN2O3. The molecule has 0 heterocycles. The van der Waals surface area contributed by atoms with E-state index < -0.39 is 22.3 Å². The maximum atomic E-state index is 13.7. The summed E-state index contributed by atoms with van der Waals surface area (Å²) in [5.41, 5.74) is -0.481. The van der Waals surface area contributed by atoms with Crippen LogP contribution in [0.3, 0.4) is 0 Å². The van der Waals surface area contributed by atoms with E-state index in [1.807, 2.05) is 0 Å². The Kier molecular flexibility index (Phi) is 4.40. The molecule has 0 aliphatic rings. The number of hydrogen-bond donors (Lipinski definition) is 1. The highest BCUT2D eigenvalue weighted by atomic mass is 35.5. The number of carbonyl (C=O) groups excluding carboxylic acids is 1. The summed E-state index contributed by atoms with van der Waals surface area (Å²) in [6, 6.07) is 7.15. The van der Waals surface area contributed by atoms with Crippen LogP contribution in [0.4, 0.5) is 15.8 Å². The number of rotatable bonds is 3. The Bertz CT molecular complexity index is 737. The lowest BCUT2D eigenvalue weighted by molar-refractivity contribution is -0.385. The topological polar surface area (TPSA) is 72.2 Å². The van der Waals surface area contributed by atoms with Crippen LogP contribution in [0.25, 0.3) is 0 Å². The van der Waals surface area contributed by atoms with E-state index in [-0.39, 0.29) is 16.3 Å². The number of benzene rings is 2. The number of hydrogen-bond acceptors (Lipinski definition) is 3. The van der Waals surface area contributed by atoms with Crippen LogP contribution in [0.15, 0.2) is 36.4 Å². The predicted molar refractivity (Wildman–Crippen MR) is 77.5 cm³/mol. The minimum atomic E-state index is -0.914. The van der Waals surface area contributed by atoms with E-state index in [1.165, 1.54) is 18.2 Å². The molecule has 1 N–H and O–H groups in total. The Morgan fingerprint density at radius 3 is 2.48 bits per heavy atom. The Hall–Kier alpha value is -2.18. The first kappa shape index (κ1) is 15.2. The van der Waals surface area contributed by atoms with Gasteiger partial charge in [-0.2, -0.15) is 0 Å². The second kappa shape index (κ2) is 6.07. The lowest BCUT2D eigenvalue weighted by Gasteiger charge is -2.08. The number of nitro benzene ring substituents is 1. The van der Waals surface area contributed by atoms with Crippen molar-refractivity contribution in [3.05, 3.63) is 67.9 Å². The van der Waals surface area contributed by atoms with E-state index in [4.69, 9.17) is 23.2 Å². The molecule has 2 aromatic carbocycles. The standard InChI is InChI=1S/C13H7Cl2FN2O3/c14-7-1-3-9(10(15)5-7)13(19)17-12-4-2-8(18(20)21)6-11(12)16/h1-6H,(H,17,19). The van der Waals surface area contributed by atoms with Crippen LogP contribution in [0.2, 0.25) is 10.0 Å². The fourth-order valence-electron chi connectivity index (χ4n) is 1.58. The average molecular weight is 329 g/mol. The highest BCUT2D eigenvalue weighted by Crippen LogP contribution is 2.24. The smallest absolute Gasteiger partial charge is 0.272 e. The fourth-order valence-corrected chi connectivity index (χ4v) is 2.08. The van der Waals surface area contributed by atoms with E-state index in [1.54, 1.807) is 0 Å². The van der Waals surface area contributed by atoms with Crippen molar-refractivity contribution in [3.63, 3.8) is 0 Å². The number of nitrogens with one attached hydrogen (secondary N) is 1. The molecule has 0 radical (unpaired) electrons. The first-order valence-corrected chi connectivity index (χ1v) is 6.34. The summed E-state index contributed by atoms with van der Waals surface area (Å²) < 4.78 is 13.7. The van der Waals surface area contributed by atoms with Crippen LogP contribution in [-0.2, 0) is 0 Å². The molecule has 0 aromatic heterocycles. The Balaban J connectivity index is 2.25. The van der Waals surface area contributed by atoms with Crippen LogP contribution in [-0.4, -0.2) is 10.8 Å². The van der Waals surface area contributed by atoms with E-state index in [0.29, 0.717) is 5.02 Å². The van der Waals surface area contributed by atoms with Crippen LogP contribution < -0.4 is 5.32 Å². The lowest BCUT2D eigenvalue weighted by Crippen LogP contribution is -2.13. The summed E-state index contributed by atoms with van der Waals surface area (Å²) in [6.07, 6.45) is 0. The maximum absolute atomic E-state index is 13.7. The van der Waals surface area contributed by atoms with Crippen LogP contribution in [0.1, 0.15) is 10.4 Å². The minimum absolute atomic E-state index is 0.110. The molecular weight excluding hydrogens is 322 g/mol. The Labute approximate surface area is 128 Å². The van der Waals surface area contributed by atoms with Crippen LogP contribution in [0.5, 0.6) is 0 Å². The summed E-state index contributed by atoms with van der Waals surface area (Å²) in [6.45, 7) is 0. The minimum Gasteiger partial charge on any atom is -0.319 e. The van der Waals surface area contributed by atoms with Gasteiger partial charge in [0.2, 0.25) is 0 Å². The first-order chi connectivity index (χ1) is 9.88. The number of halogens is 3. The molecule has 8 heteroatoms. The van der Waals surface area contributed by atoms with Gasteiger partial charge in [0.05, 0.1) is 27.3 Å². The fraction of sp³-hybridized carbons (Fsp3) is 0. The summed E-state index contributed by atoms with van der Waals surface area (Å²) in [5.74, 6) is -1.56. The molecule has 0 fully saturated rings. The number of nitro groups is 1. The van der Waals surface area contributed by atoms with Crippen molar-refractivity contribution < 1.29 is 14.1 Å². The lowest BCUT2D eigenvalue weighted by atomic mass is 10.2. The summed E-state index contributed by atoms with van der Waals surface area (Å²) in [5, 5.41) is 13.3. The molecule has 0 aliphatic heterocycles. The molecule has 1 amide bonds. The van der Waals surface area contributed by atoms with Crippen molar-refractivity contribution in [2.24, 2.45) is 0 Å². The molecule has 21 heavy (non-hydrogen) atoms. The molecule has 0 unspecified atom stereocenters. The van der Waals surface area contributed by atoms with Gasteiger partial charge >= 0.3 is 0 Å². The number of carbonyl (C=O) groups is 1. The Morgan fingerprint density at radius 2 is 1.90 bits per heavy atom. The number of non-ortho nitro benzene ring substituents is 1. The summed E-state index contributed by atoms with van der Waals surface area (Å²) >= 11 is 11.6. The van der Waals surface area contributed by atoms with Gasteiger partial charge in [-0.15, -0.1) is 0 Å². The first-order valence-electron chi connectivity index (χ1n) is 5.59. The van der Waals surface area contributed by atoms with E-state index in [0.717, 1.165) is 18.2 Å². The average Bonchev–Trinajstić information content (AvgIpc) is 2.40. The normalized spacial score (nSPS) is 10.2. The van der Waals surface area contributed by atoms with Crippen molar-refractivity contribution in [2.75, 3.05) is 5.32 Å². The Morgan fingerprint density at radius 1 is 1.19 bits per heavy atom. The van der Waals surface area contributed by atoms with Gasteiger partial charge in [-0.05, 0) is 24.3 Å². The van der Waals surface area contributed by atoms with E-state index >= 15 is 0 Å². The molecule has 2 aromatic rings. The molecule has 0 spiro atoms. The van der Waals surface area contributed by atoms with Crippen LogP contribution >= 0.6 is 23.2 Å². The van der Waals surface area contributed by atoms with Gasteiger partial charge in [0.25, 0.3) is 11.6 Å². The van der Waals surface area contributed by atoms with Crippen LogP contribution in [0, 0.1) is 15.9 Å². The number of anilines is 1.